The van der Waals surface area contributed by atoms with Crippen LogP contribution in [-0.2, 0) is 9.59 Å². The van der Waals surface area contributed by atoms with E-state index in [2.05, 4.69) is 40.4 Å². The zero-order valence-corrected chi connectivity index (χ0v) is 19.9. The largest absolute Gasteiger partial charge is 0.388 e. The Morgan fingerprint density at radius 3 is 2.73 bits per heavy atom. The predicted octanol–water partition coefficient (Wildman–Crippen LogP) is -0.0798. The molecule has 5 N–H and O–H groups in total. The molecular formula is C23H41FN6O3. The van der Waals surface area contributed by atoms with E-state index in [9.17, 15) is 19.1 Å². The first kappa shape index (κ1) is 24.8. The van der Waals surface area contributed by atoms with Crippen molar-refractivity contribution in [3.63, 3.8) is 0 Å². The summed E-state index contributed by atoms with van der Waals surface area (Å²) >= 11 is 0. The molecule has 10 heteroatoms. The van der Waals surface area contributed by atoms with Crippen molar-refractivity contribution in [2.75, 3.05) is 33.4 Å². The van der Waals surface area contributed by atoms with Crippen molar-refractivity contribution in [1.82, 2.24) is 31.3 Å². The molecule has 0 spiro atoms. The quantitative estimate of drug-likeness (QED) is 0.371. The molecule has 1 aliphatic carbocycles. The first-order chi connectivity index (χ1) is 15.8. The molecule has 0 bridgehead atoms. The maximum atomic E-state index is 13.7. The third kappa shape index (κ3) is 6.03. The van der Waals surface area contributed by atoms with Gasteiger partial charge in [0.15, 0.2) is 0 Å². The van der Waals surface area contributed by atoms with Crippen molar-refractivity contribution in [2.45, 2.75) is 82.4 Å². The second-order valence-corrected chi connectivity index (χ2v) is 10.7. The number of aliphatic hydroxyl groups excluding tert-OH is 1. The summed E-state index contributed by atoms with van der Waals surface area (Å²) in [6.45, 7) is 3.75. The number of aliphatic hydroxyl groups is 1. The van der Waals surface area contributed by atoms with Crippen molar-refractivity contribution in [2.24, 2.45) is 17.8 Å². The Morgan fingerprint density at radius 2 is 2.03 bits per heavy atom. The van der Waals surface area contributed by atoms with Crippen LogP contribution in [0.1, 0.15) is 51.9 Å². The van der Waals surface area contributed by atoms with Crippen molar-refractivity contribution in [1.29, 1.82) is 0 Å². The van der Waals surface area contributed by atoms with Gasteiger partial charge in [-0.25, -0.2) is 15.2 Å². The Hall–Kier alpha value is -1.33. The topological polar surface area (TPSA) is 109 Å². The Kier molecular flexibility index (Phi) is 8.22. The third-order valence-electron chi connectivity index (χ3n) is 8.19. The molecule has 33 heavy (non-hydrogen) atoms. The fourth-order valence-corrected chi connectivity index (χ4v) is 6.00. The van der Waals surface area contributed by atoms with E-state index in [-0.39, 0.29) is 36.9 Å². The summed E-state index contributed by atoms with van der Waals surface area (Å²) in [5.74, 6) is 0.679. The standard InChI is InChI=1S/C23H41FN6O3/c1-14(8-21-28-26-13-29(21)2)15-4-3-5-17(9-15)27-22(32)19-10-16(6-7-25-19)23(33)30-11-18(24)20(31)12-30/h14-21,25-26,28,31H,3-13H2,1-2H3,(H,27,32)/t14-,15?,16?,17?,18+,19?,20+,21?/m1/s1. The van der Waals surface area contributed by atoms with Gasteiger partial charge in [-0.15, -0.1) is 0 Å². The highest BCUT2D eigenvalue weighted by Crippen LogP contribution is 2.33. The Balaban J connectivity index is 1.25. The highest BCUT2D eigenvalue weighted by molar-refractivity contribution is 5.85. The fourth-order valence-electron chi connectivity index (χ4n) is 6.00. The van der Waals surface area contributed by atoms with Gasteiger partial charge in [0.25, 0.3) is 0 Å². The minimum atomic E-state index is -1.38. The molecule has 1 saturated carbocycles. The second-order valence-electron chi connectivity index (χ2n) is 10.7. The van der Waals surface area contributed by atoms with Gasteiger partial charge in [0, 0.05) is 18.5 Å². The first-order valence-electron chi connectivity index (χ1n) is 12.6. The van der Waals surface area contributed by atoms with Gasteiger partial charge in [-0.2, -0.15) is 0 Å². The molecule has 3 saturated heterocycles. The van der Waals surface area contributed by atoms with Crippen LogP contribution >= 0.6 is 0 Å². The number of rotatable bonds is 6. The SMILES string of the molecule is C[C@H](CC1NNCN1C)C1CCCC(NC(=O)C2CC(C(=O)N3C[C@H](O)[C@@H](F)C3)CCN2)C1. The number of piperidine rings is 1. The third-order valence-corrected chi connectivity index (χ3v) is 8.19. The number of amides is 2. The van der Waals surface area contributed by atoms with Crippen molar-refractivity contribution in [3.8, 4) is 0 Å². The second kappa shape index (κ2) is 10.9. The van der Waals surface area contributed by atoms with Crippen LogP contribution in [0.4, 0.5) is 4.39 Å². The summed E-state index contributed by atoms with van der Waals surface area (Å²) in [5, 5.41) is 16.2. The summed E-state index contributed by atoms with van der Waals surface area (Å²) < 4.78 is 13.7. The lowest BCUT2D eigenvalue weighted by Gasteiger charge is -2.36. The van der Waals surface area contributed by atoms with Crippen LogP contribution in [0.5, 0.6) is 0 Å². The number of hydrogen-bond acceptors (Lipinski definition) is 7. The number of halogens is 1. The number of hydrazine groups is 1. The minimum Gasteiger partial charge on any atom is -0.388 e. The molecule has 0 aromatic carbocycles. The fraction of sp³-hybridized carbons (Fsp3) is 0.913. The zero-order valence-electron chi connectivity index (χ0n) is 19.9. The van der Waals surface area contributed by atoms with E-state index in [0.29, 0.717) is 37.4 Å². The molecule has 3 heterocycles. The Morgan fingerprint density at radius 1 is 1.21 bits per heavy atom. The molecule has 5 unspecified atom stereocenters. The van der Waals surface area contributed by atoms with E-state index in [4.69, 9.17) is 0 Å². The summed E-state index contributed by atoms with van der Waals surface area (Å²) in [4.78, 5) is 29.5. The van der Waals surface area contributed by atoms with Crippen molar-refractivity contribution >= 4 is 11.8 Å². The number of nitrogens with one attached hydrogen (secondary N) is 4. The van der Waals surface area contributed by atoms with Crippen LogP contribution in [0.2, 0.25) is 0 Å². The number of carbonyl (C=O) groups is 2. The number of likely N-dealkylation sites (tertiary alicyclic amines) is 1. The smallest absolute Gasteiger partial charge is 0.237 e. The molecule has 4 rings (SSSR count). The van der Waals surface area contributed by atoms with Crippen LogP contribution in [0, 0.1) is 17.8 Å². The predicted molar refractivity (Wildman–Crippen MR) is 122 cm³/mol. The van der Waals surface area contributed by atoms with Crippen LogP contribution in [0.15, 0.2) is 0 Å². The van der Waals surface area contributed by atoms with Gasteiger partial charge in [-0.05, 0) is 57.5 Å². The summed E-state index contributed by atoms with van der Waals surface area (Å²) in [7, 11) is 2.12. The number of β-amino-alcohol motifs (C(OH)–C–C–N with tert-alkyl or cyclic N) is 1. The van der Waals surface area contributed by atoms with E-state index in [1.807, 2.05) is 0 Å². The molecule has 4 fully saturated rings. The van der Waals surface area contributed by atoms with Gasteiger partial charge >= 0.3 is 0 Å². The number of hydrogen-bond donors (Lipinski definition) is 5. The molecule has 8 atom stereocenters. The molecular weight excluding hydrogens is 427 g/mol. The minimum absolute atomic E-state index is 0.0305. The van der Waals surface area contributed by atoms with Gasteiger partial charge < -0.3 is 20.6 Å². The van der Waals surface area contributed by atoms with Crippen LogP contribution in [0.25, 0.3) is 0 Å². The lowest BCUT2D eigenvalue weighted by Crippen LogP contribution is -2.54. The van der Waals surface area contributed by atoms with E-state index >= 15 is 0 Å². The van der Waals surface area contributed by atoms with E-state index in [1.54, 1.807) is 0 Å². The van der Waals surface area contributed by atoms with Crippen molar-refractivity contribution < 1.29 is 19.1 Å². The summed E-state index contributed by atoms with van der Waals surface area (Å²) in [6.07, 6.45) is 4.32. The average molecular weight is 469 g/mol. The van der Waals surface area contributed by atoms with E-state index in [1.165, 1.54) is 11.3 Å². The summed E-state index contributed by atoms with van der Waals surface area (Å²) in [5.41, 5.74) is 6.52. The number of nitrogens with zero attached hydrogens (tertiary/aromatic N) is 2. The van der Waals surface area contributed by atoms with Gasteiger partial charge in [-0.3, -0.25) is 14.5 Å². The highest BCUT2D eigenvalue weighted by Gasteiger charge is 2.39. The number of alkyl halides is 1. The van der Waals surface area contributed by atoms with Gasteiger partial charge in [0.2, 0.25) is 11.8 Å². The van der Waals surface area contributed by atoms with Crippen LogP contribution < -0.4 is 21.5 Å². The lowest BCUT2D eigenvalue weighted by molar-refractivity contribution is -0.137. The molecule has 3 aliphatic heterocycles. The average Bonchev–Trinajstić information content (AvgIpc) is 3.37. The monoisotopic (exact) mass is 468 g/mol. The molecule has 2 amide bonds. The molecule has 4 aliphatic rings. The van der Waals surface area contributed by atoms with Crippen LogP contribution in [0.3, 0.4) is 0 Å². The Labute approximate surface area is 196 Å². The molecule has 9 nitrogen and oxygen atoms in total. The lowest BCUT2D eigenvalue weighted by atomic mass is 9.77. The van der Waals surface area contributed by atoms with Gasteiger partial charge in [0.1, 0.15) is 12.3 Å². The highest BCUT2D eigenvalue weighted by atomic mass is 19.1. The Bertz CT molecular complexity index is 689. The number of carbonyl (C=O) groups excluding carboxylic acids is 2. The maximum Gasteiger partial charge on any atom is 0.237 e. The molecule has 0 aromatic heterocycles. The van der Waals surface area contributed by atoms with Crippen LogP contribution in [-0.4, -0.2) is 90.6 Å². The zero-order chi connectivity index (χ0) is 23.5. The maximum absolute atomic E-state index is 13.7. The molecule has 0 aromatic rings. The van der Waals surface area contributed by atoms with Crippen molar-refractivity contribution in [3.05, 3.63) is 0 Å². The summed E-state index contributed by atoms with van der Waals surface area (Å²) in [6, 6.07) is -0.230. The molecule has 188 valence electrons. The van der Waals surface area contributed by atoms with Gasteiger partial charge in [-0.1, -0.05) is 19.8 Å². The molecule has 0 radical (unpaired) electrons. The first-order valence-corrected chi connectivity index (χ1v) is 12.6. The normalized spacial score (nSPS) is 38.9. The van der Waals surface area contributed by atoms with E-state index < -0.39 is 18.3 Å². The van der Waals surface area contributed by atoms with E-state index in [0.717, 1.165) is 32.4 Å². The van der Waals surface area contributed by atoms with Gasteiger partial charge in [0.05, 0.1) is 25.4 Å².